The van der Waals surface area contributed by atoms with Gasteiger partial charge in [-0.25, -0.2) is 0 Å². The molecule has 1 fully saturated rings. The average molecular weight is 427 g/mol. The maximum atomic E-state index is 11.6. The zero-order chi connectivity index (χ0) is 22.4. The number of benzene rings is 1. The van der Waals surface area contributed by atoms with Crippen molar-refractivity contribution >= 4 is 5.97 Å². The summed E-state index contributed by atoms with van der Waals surface area (Å²) in [7, 11) is 0. The summed E-state index contributed by atoms with van der Waals surface area (Å²) < 4.78 is 11.3. The third kappa shape index (κ3) is 5.50. The van der Waals surface area contributed by atoms with Gasteiger partial charge in [0.2, 0.25) is 0 Å². The summed E-state index contributed by atoms with van der Waals surface area (Å²) in [6.07, 6.45) is 5.68. The van der Waals surface area contributed by atoms with Crippen molar-refractivity contribution in [2.75, 3.05) is 6.61 Å². The van der Waals surface area contributed by atoms with Crippen LogP contribution in [0.2, 0.25) is 0 Å². The van der Waals surface area contributed by atoms with Gasteiger partial charge in [0.15, 0.2) is 0 Å². The standard InChI is InChI=1S/C26H34O5/c1-4-6-9-17(3)21(27)15-14-19-22(28)16-23-25(19)20-12-7-10-18(26(20)31-23)11-8-13-24(29)30-5-2/h7,10,12,14-15,17,19,21-23,25,27-28H,5,8-9,11,13,16H2,1-3H3/b15-14+/t17?,19-,21+,22+,23-,25-/m0/s1. The van der Waals surface area contributed by atoms with Crippen LogP contribution in [-0.2, 0) is 16.0 Å². The summed E-state index contributed by atoms with van der Waals surface area (Å²) in [5.74, 6) is 6.62. The fourth-order valence-corrected chi connectivity index (χ4v) is 4.64. The zero-order valence-corrected chi connectivity index (χ0v) is 18.7. The maximum absolute atomic E-state index is 11.6. The van der Waals surface area contributed by atoms with E-state index in [4.69, 9.17) is 9.47 Å². The molecule has 3 rings (SSSR count). The fraction of sp³-hybridized carbons (Fsp3) is 0.577. The topological polar surface area (TPSA) is 76.0 Å². The summed E-state index contributed by atoms with van der Waals surface area (Å²) in [5, 5.41) is 21.1. The highest BCUT2D eigenvalue weighted by Gasteiger charge is 2.48. The van der Waals surface area contributed by atoms with Crippen LogP contribution >= 0.6 is 0 Å². The number of hydrogen-bond acceptors (Lipinski definition) is 5. The van der Waals surface area contributed by atoms with Gasteiger partial charge in [0, 0.05) is 36.7 Å². The smallest absolute Gasteiger partial charge is 0.305 e. The molecule has 0 radical (unpaired) electrons. The molecule has 1 aromatic rings. The summed E-state index contributed by atoms with van der Waals surface area (Å²) in [6.45, 7) is 5.99. The van der Waals surface area contributed by atoms with Crippen molar-refractivity contribution in [2.45, 2.75) is 77.1 Å². The third-order valence-electron chi connectivity index (χ3n) is 6.34. The molecule has 1 saturated carbocycles. The number of para-hydroxylation sites is 1. The Balaban J connectivity index is 1.70. The number of hydrogen-bond donors (Lipinski definition) is 2. The van der Waals surface area contributed by atoms with Crippen LogP contribution in [0, 0.1) is 23.7 Å². The predicted molar refractivity (Wildman–Crippen MR) is 120 cm³/mol. The minimum absolute atomic E-state index is 0.0381. The molecule has 31 heavy (non-hydrogen) atoms. The van der Waals surface area contributed by atoms with Crippen LogP contribution < -0.4 is 4.74 Å². The van der Waals surface area contributed by atoms with E-state index in [9.17, 15) is 15.0 Å². The molecule has 0 bridgehead atoms. The summed E-state index contributed by atoms with van der Waals surface area (Å²) >= 11 is 0. The number of carbonyl (C=O) groups excluding carboxylic acids is 1. The zero-order valence-electron chi connectivity index (χ0n) is 18.7. The second-order valence-corrected chi connectivity index (χ2v) is 8.54. The Kier molecular flexibility index (Phi) is 8.17. The number of aliphatic hydroxyl groups is 2. The molecule has 6 atom stereocenters. The van der Waals surface area contributed by atoms with Gasteiger partial charge in [0.05, 0.1) is 18.8 Å². The van der Waals surface area contributed by atoms with Crippen LogP contribution in [0.3, 0.4) is 0 Å². The molecule has 1 aliphatic heterocycles. The Morgan fingerprint density at radius 1 is 1.42 bits per heavy atom. The molecule has 2 N–H and O–H groups in total. The lowest BCUT2D eigenvalue weighted by atomic mass is 9.86. The van der Waals surface area contributed by atoms with Crippen molar-refractivity contribution in [1.82, 2.24) is 0 Å². The van der Waals surface area contributed by atoms with E-state index in [-0.39, 0.29) is 29.8 Å². The summed E-state index contributed by atoms with van der Waals surface area (Å²) in [6, 6.07) is 6.15. The van der Waals surface area contributed by atoms with E-state index < -0.39 is 12.2 Å². The lowest BCUT2D eigenvalue weighted by Crippen LogP contribution is -2.19. The molecule has 0 saturated heterocycles. The second-order valence-electron chi connectivity index (χ2n) is 8.54. The minimum atomic E-state index is -0.594. The Bertz CT molecular complexity index is 849. The number of rotatable bonds is 9. The molecule has 5 nitrogen and oxygen atoms in total. The second kappa shape index (κ2) is 10.8. The molecule has 2 aliphatic rings. The van der Waals surface area contributed by atoms with Gasteiger partial charge in [-0.1, -0.05) is 37.3 Å². The van der Waals surface area contributed by atoms with Crippen molar-refractivity contribution in [3.63, 3.8) is 0 Å². The molecule has 1 aromatic carbocycles. The molecule has 0 spiro atoms. The number of fused-ring (bicyclic) bond motifs is 3. The van der Waals surface area contributed by atoms with E-state index in [2.05, 4.69) is 17.9 Å². The highest BCUT2D eigenvalue weighted by molar-refractivity contribution is 5.69. The number of carbonyl (C=O) groups is 1. The largest absolute Gasteiger partial charge is 0.489 e. The fourth-order valence-electron chi connectivity index (χ4n) is 4.64. The maximum Gasteiger partial charge on any atom is 0.305 e. The summed E-state index contributed by atoms with van der Waals surface area (Å²) in [4.78, 5) is 11.6. The van der Waals surface area contributed by atoms with E-state index in [1.165, 1.54) is 0 Å². The van der Waals surface area contributed by atoms with Gasteiger partial charge in [0.25, 0.3) is 0 Å². The first kappa shape index (κ1) is 23.4. The molecule has 168 valence electrons. The van der Waals surface area contributed by atoms with Crippen molar-refractivity contribution in [1.29, 1.82) is 0 Å². The minimum Gasteiger partial charge on any atom is -0.489 e. The predicted octanol–water partition coefficient (Wildman–Crippen LogP) is 3.76. The Hall–Kier alpha value is -2.29. The molecule has 0 aromatic heterocycles. The number of aliphatic hydroxyl groups excluding tert-OH is 2. The van der Waals surface area contributed by atoms with Crippen LogP contribution in [0.15, 0.2) is 30.4 Å². The van der Waals surface area contributed by atoms with E-state index in [0.717, 1.165) is 23.3 Å². The van der Waals surface area contributed by atoms with Gasteiger partial charge in [-0.2, -0.15) is 0 Å². The molecular formula is C26H34O5. The van der Waals surface area contributed by atoms with Crippen molar-refractivity contribution < 1.29 is 24.5 Å². The van der Waals surface area contributed by atoms with Crippen LogP contribution in [0.5, 0.6) is 5.75 Å². The molecular weight excluding hydrogens is 392 g/mol. The van der Waals surface area contributed by atoms with Crippen LogP contribution in [-0.4, -0.2) is 41.1 Å². The summed E-state index contributed by atoms with van der Waals surface area (Å²) in [5.41, 5.74) is 2.21. The van der Waals surface area contributed by atoms with E-state index in [1.807, 2.05) is 32.1 Å². The average Bonchev–Trinajstić information content (AvgIpc) is 3.25. The monoisotopic (exact) mass is 426 g/mol. The van der Waals surface area contributed by atoms with Crippen molar-refractivity contribution in [2.24, 2.45) is 11.8 Å². The quantitative estimate of drug-likeness (QED) is 0.357. The van der Waals surface area contributed by atoms with Crippen LogP contribution in [0.4, 0.5) is 0 Å². The Morgan fingerprint density at radius 3 is 2.97 bits per heavy atom. The first-order valence-electron chi connectivity index (χ1n) is 11.3. The Labute approximate surface area is 185 Å². The van der Waals surface area contributed by atoms with Crippen LogP contribution in [0.25, 0.3) is 0 Å². The highest BCUT2D eigenvalue weighted by atomic mass is 16.5. The molecule has 1 heterocycles. The number of ether oxygens (including phenoxy) is 2. The Morgan fingerprint density at radius 2 is 2.23 bits per heavy atom. The van der Waals surface area contributed by atoms with E-state index in [1.54, 1.807) is 13.0 Å². The first-order chi connectivity index (χ1) is 15.0. The third-order valence-corrected chi connectivity index (χ3v) is 6.34. The normalized spacial score (nSPS) is 25.8. The van der Waals surface area contributed by atoms with Crippen molar-refractivity contribution in [3.8, 4) is 17.6 Å². The van der Waals surface area contributed by atoms with E-state index >= 15 is 0 Å². The van der Waals surface area contributed by atoms with Gasteiger partial charge in [-0.05, 0) is 38.2 Å². The SMILES string of the molecule is CC#CCC(C)[C@H](O)/C=C/[C@@H]1[C@H]2c3cccc(CCCC(=O)OCC)c3O[C@H]2C[C@H]1O. The first-order valence-corrected chi connectivity index (χ1v) is 11.3. The lowest BCUT2D eigenvalue weighted by Gasteiger charge is -2.19. The highest BCUT2D eigenvalue weighted by Crippen LogP contribution is 2.52. The van der Waals surface area contributed by atoms with Gasteiger partial charge in [-0.3, -0.25) is 4.79 Å². The van der Waals surface area contributed by atoms with Crippen molar-refractivity contribution in [3.05, 3.63) is 41.5 Å². The van der Waals surface area contributed by atoms with E-state index in [0.29, 0.717) is 32.3 Å². The van der Waals surface area contributed by atoms with Gasteiger partial charge >= 0.3 is 5.97 Å². The molecule has 1 unspecified atom stereocenters. The van der Waals surface area contributed by atoms with Crippen LogP contribution in [0.1, 0.15) is 63.5 Å². The molecule has 5 heteroatoms. The molecule has 1 aliphatic carbocycles. The molecule has 0 amide bonds. The van der Waals surface area contributed by atoms with Gasteiger partial charge in [-0.15, -0.1) is 11.8 Å². The van der Waals surface area contributed by atoms with Gasteiger partial charge < -0.3 is 19.7 Å². The lowest BCUT2D eigenvalue weighted by molar-refractivity contribution is -0.143. The van der Waals surface area contributed by atoms with Gasteiger partial charge in [0.1, 0.15) is 11.9 Å². The number of aryl methyl sites for hydroxylation is 1. The number of esters is 1.